The van der Waals surface area contributed by atoms with Gasteiger partial charge in [-0.1, -0.05) is 48.5 Å². The number of hydrogen-bond donors (Lipinski definition) is 1. The molecule has 0 radical (unpaired) electrons. The van der Waals surface area contributed by atoms with Crippen LogP contribution in [-0.4, -0.2) is 265 Å². The lowest BCUT2D eigenvalue weighted by Gasteiger charge is -2.44. The molecule has 0 saturated carbocycles. The largest absolute Gasteiger partial charge is 0.491 e. The van der Waals surface area contributed by atoms with Crippen LogP contribution in [0.4, 0.5) is 11.4 Å². The minimum Gasteiger partial charge on any atom is -0.491 e. The van der Waals surface area contributed by atoms with Gasteiger partial charge in [-0.25, -0.2) is 0 Å². The maximum atomic E-state index is 14.9. The zero-order valence-corrected chi connectivity index (χ0v) is 67.8. The highest BCUT2D eigenvalue weighted by atomic mass is 35.5. The Morgan fingerprint density at radius 2 is 0.795 bits per heavy atom. The van der Waals surface area contributed by atoms with E-state index in [1.54, 1.807) is 83.8 Å². The number of fused-ring (bicyclic) bond motifs is 6. The highest BCUT2D eigenvalue weighted by Gasteiger charge is 2.55. The molecule has 0 aliphatic carbocycles. The Kier molecular flexibility index (Phi) is 35.8. The molecule has 4 aliphatic heterocycles. The molecular weight excluding hydrogens is 1580 g/mol. The van der Waals surface area contributed by atoms with E-state index in [1.165, 1.54) is 17.1 Å². The fourth-order valence-corrected chi connectivity index (χ4v) is 14.2. The molecule has 2 fully saturated rings. The average molecular weight is 1680 g/mol. The molecule has 9 rings (SSSR count). The number of amides is 2. The molecule has 5 aromatic rings. The van der Waals surface area contributed by atoms with Crippen molar-refractivity contribution >= 4 is 128 Å². The van der Waals surface area contributed by atoms with E-state index < -0.39 is 146 Å². The van der Waals surface area contributed by atoms with Crippen molar-refractivity contribution in [2.24, 2.45) is 5.73 Å². The summed E-state index contributed by atoms with van der Waals surface area (Å²) in [6.45, 7) is 13.9. The van der Waals surface area contributed by atoms with Crippen LogP contribution in [0.5, 0.6) is 17.2 Å². The van der Waals surface area contributed by atoms with Gasteiger partial charge in [0.15, 0.2) is 24.4 Å². The Bertz CT molecular complexity index is 4310. The van der Waals surface area contributed by atoms with E-state index in [4.69, 9.17) is 124 Å². The molecule has 2 saturated heterocycles. The van der Waals surface area contributed by atoms with Gasteiger partial charge in [0.1, 0.15) is 49.3 Å². The number of carbonyl (C=O) groups is 10. The zero-order valence-electron chi connectivity index (χ0n) is 66.3. The number of anilines is 2. The van der Waals surface area contributed by atoms with Crippen molar-refractivity contribution < 1.29 is 143 Å². The van der Waals surface area contributed by atoms with Gasteiger partial charge < -0.3 is 110 Å². The molecule has 12 atom stereocenters. The minimum atomic E-state index is -1.61. The second-order valence-corrected chi connectivity index (χ2v) is 27.7. The van der Waals surface area contributed by atoms with Gasteiger partial charge in [-0.05, 0) is 63.9 Å². The summed E-state index contributed by atoms with van der Waals surface area (Å²) in [7, 11) is 0. The summed E-state index contributed by atoms with van der Waals surface area (Å²) in [5.41, 5.74) is 8.79. The summed E-state index contributed by atoms with van der Waals surface area (Å²) in [6.07, 6.45) is -8.76. The maximum absolute atomic E-state index is 14.9. The molecule has 0 unspecified atom stereocenters. The molecule has 4 heterocycles. The molecule has 0 aromatic heterocycles. The first-order valence-electron chi connectivity index (χ1n) is 38.1. The fraction of sp³-hybridized carbons (Fsp3) is 0.512. The van der Waals surface area contributed by atoms with Crippen molar-refractivity contribution in [3.63, 3.8) is 0 Å². The molecule has 636 valence electrons. The number of nitrogens with two attached hydrogens (primary N) is 1. The highest BCUT2D eigenvalue weighted by Crippen LogP contribution is 2.48. The third-order valence-electron chi connectivity index (χ3n) is 18.4. The molecule has 0 bridgehead atoms. The van der Waals surface area contributed by atoms with E-state index >= 15 is 0 Å². The SMILES string of the molecule is CC(=O)OC[C@H]1O[C@@H](Oc2cccc3c4c(ccc23)N(C(=O)/C=C/c2ccc(/C=C/C(=O)N3C[C@@H](CCl)c5c3cc(O[C@@H]3O[C@H](COC(C)=O)[C@H](OC(C)=O)[C@H](OC(C)=O)[C@H]3OC(C)=O)c3ccccc53)c(OCCOCCOCCOCCOCCOCCOCCOCCN)c2)C[C@H]4CCl)[C@H](OC(C)=O)[C@@H](OC(C)=O)[C@H]1OC(C)=O. The van der Waals surface area contributed by atoms with E-state index in [9.17, 15) is 47.9 Å². The quantitative estimate of drug-likeness (QED) is 0.0133. The molecule has 117 heavy (non-hydrogen) atoms. The Morgan fingerprint density at radius 3 is 1.25 bits per heavy atom. The minimum absolute atomic E-state index is 0.0354. The van der Waals surface area contributed by atoms with Crippen LogP contribution < -0.4 is 29.7 Å². The van der Waals surface area contributed by atoms with Crippen LogP contribution >= 0.6 is 23.2 Å². The summed E-state index contributed by atoms with van der Waals surface area (Å²) in [6, 6.07) is 22.6. The molecule has 4 aliphatic rings. The van der Waals surface area contributed by atoms with E-state index in [-0.39, 0.29) is 62.8 Å². The number of carbonyl (C=O) groups excluding carboxylic acids is 10. The lowest BCUT2D eigenvalue weighted by Crippen LogP contribution is -2.63. The molecule has 35 heteroatoms. The number of rotatable bonds is 44. The lowest BCUT2D eigenvalue weighted by atomic mass is 9.95. The second kappa shape index (κ2) is 45.9. The first-order valence-corrected chi connectivity index (χ1v) is 39.1. The third-order valence-corrected chi connectivity index (χ3v) is 19.1. The number of hydrogen-bond acceptors (Lipinski definition) is 31. The third kappa shape index (κ3) is 26.2. The number of halogens is 2. The predicted molar refractivity (Wildman–Crippen MR) is 419 cm³/mol. The Labute approximate surface area is 685 Å². The topological polar surface area (TPSA) is 388 Å². The first kappa shape index (κ1) is 91.3. The number of alkyl halides is 2. The average Bonchev–Trinajstić information content (AvgIpc) is 1.67. The van der Waals surface area contributed by atoms with Crippen LogP contribution in [0.25, 0.3) is 33.7 Å². The molecule has 33 nitrogen and oxygen atoms in total. The van der Waals surface area contributed by atoms with Gasteiger partial charge in [-0.15, -0.1) is 23.2 Å². The van der Waals surface area contributed by atoms with E-state index in [0.29, 0.717) is 129 Å². The predicted octanol–water partition coefficient (Wildman–Crippen LogP) is 7.14. The molecule has 2 amide bonds. The van der Waals surface area contributed by atoms with Gasteiger partial charge in [0.25, 0.3) is 11.8 Å². The highest BCUT2D eigenvalue weighted by molar-refractivity contribution is 6.20. The van der Waals surface area contributed by atoms with Crippen molar-refractivity contribution in [2.75, 3.05) is 154 Å². The summed E-state index contributed by atoms with van der Waals surface area (Å²) in [5.74, 6) is -7.16. The molecule has 5 aromatic carbocycles. The van der Waals surface area contributed by atoms with Gasteiger partial charge in [-0.2, -0.15) is 0 Å². The Balaban J connectivity index is 0.934. The van der Waals surface area contributed by atoms with Crippen LogP contribution in [0.15, 0.2) is 91.0 Å². The monoisotopic (exact) mass is 1680 g/mol. The lowest BCUT2D eigenvalue weighted by molar-refractivity contribution is -0.288. The van der Waals surface area contributed by atoms with Crippen molar-refractivity contribution in [3.05, 3.63) is 113 Å². The second-order valence-electron chi connectivity index (χ2n) is 27.1. The maximum Gasteiger partial charge on any atom is 0.303 e. The normalized spacial score (nSPS) is 21.5. The van der Waals surface area contributed by atoms with Gasteiger partial charge >= 0.3 is 47.8 Å². The summed E-state index contributed by atoms with van der Waals surface area (Å²) >= 11 is 13.5. The van der Waals surface area contributed by atoms with Crippen molar-refractivity contribution in [1.82, 2.24) is 0 Å². The van der Waals surface area contributed by atoms with Crippen molar-refractivity contribution in [3.8, 4) is 17.2 Å². The van der Waals surface area contributed by atoms with Crippen LogP contribution in [0.2, 0.25) is 0 Å². The molecule has 2 N–H and O–H groups in total. The fourth-order valence-electron chi connectivity index (χ4n) is 13.7. The van der Waals surface area contributed by atoms with E-state index in [2.05, 4.69) is 0 Å². The van der Waals surface area contributed by atoms with Crippen molar-refractivity contribution in [1.29, 1.82) is 0 Å². The van der Waals surface area contributed by atoms with Gasteiger partial charge in [0, 0.05) is 139 Å². The van der Waals surface area contributed by atoms with E-state index in [1.807, 2.05) is 12.1 Å². The van der Waals surface area contributed by atoms with Crippen molar-refractivity contribution in [2.45, 2.75) is 129 Å². The van der Waals surface area contributed by atoms with Crippen LogP contribution in [-0.2, 0) is 128 Å². The smallest absolute Gasteiger partial charge is 0.303 e. The van der Waals surface area contributed by atoms with Gasteiger partial charge in [0.2, 0.25) is 24.8 Å². The van der Waals surface area contributed by atoms with Crippen LogP contribution in [0.1, 0.15) is 89.5 Å². The van der Waals surface area contributed by atoms with Crippen LogP contribution in [0, 0.1) is 0 Å². The summed E-state index contributed by atoms with van der Waals surface area (Å²) < 4.78 is 116. The first-order chi connectivity index (χ1) is 56.4. The van der Waals surface area contributed by atoms with Gasteiger partial charge in [0.05, 0.1) is 98.2 Å². The Morgan fingerprint density at radius 1 is 0.402 bits per heavy atom. The van der Waals surface area contributed by atoms with Crippen LogP contribution in [0.3, 0.4) is 0 Å². The van der Waals surface area contributed by atoms with E-state index in [0.717, 1.165) is 66.5 Å². The number of benzene rings is 5. The zero-order chi connectivity index (χ0) is 84.1. The standard InChI is InChI=1S/C82H99Cl2N3O30/c1-48(88)106-46-69-75(108-50(3)90)77(110-52(5)92)79(112-54(7)94)81(116-69)114-66-15-11-14-63-61(66)20-21-64-73(63)58(42-83)44-86(64)71(96)22-17-56-16-18-57(67(40-56)105-39-38-104-37-36-103-35-34-102-33-32-101-31-30-100-29-28-99-27-26-98-25-24-85)19-23-72(97)87-45-59(43-84)74-62-13-10-9-12-60(62)68(41-65(74)87)115-82-80(113-55(8)95)78(111-53(6)93)76(109-51(4)91)70(117-82)47-107-49(2)89/h9-23,40-41,58-59,69-70,75-82H,24-39,42-47,85H2,1-8H3/b22-17+,23-19+/t58-,59-,69-,70-,75+,76+,77+,78+,79-,80-,81-,82-/m1/s1. The number of ether oxygens (including phenoxy) is 20. The molecular formula is C82H99Cl2N3O30. The summed E-state index contributed by atoms with van der Waals surface area (Å²) in [5, 5.41) is 2.34. The number of nitrogens with zero attached hydrogens (tertiary/aromatic N) is 2. The number of esters is 8. The van der Waals surface area contributed by atoms with Gasteiger partial charge in [-0.3, -0.25) is 47.9 Å². The Hall–Kier alpha value is -9.62. The molecule has 0 spiro atoms. The summed E-state index contributed by atoms with van der Waals surface area (Å²) in [4.78, 5) is 133.